The van der Waals surface area contributed by atoms with Gasteiger partial charge in [0.25, 0.3) is 0 Å². The van der Waals surface area contributed by atoms with Crippen LogP contribution in [0.3, 0.4) is 0 Å². The van der Waals surface area contributed by atoms with Gasteiger partial charge in [-0.15, -0.1) is 6.58 Å². The molecule has 0 amide bonds. The lowest BCUT2D eigenvalue weighted by atomic mass is 10.00. The first-order chi connectivity index (χ1) is 5.79. The minimum atomic E-state index is 0.116. The average molecular weight is 162 g/mol. The Labute approximate surface area is 73.4 Å². The lowest BCUT2D eigenvalue weighted by molar-refractivity contribution is 0.280. The highest BCUT2D eigenvalue weighted by atomic mass is 16.3. The summed E-state index contributed by atoms with van der Waals surface area (Å²) in [6, 6.07) is 5.97. The number of aliphatic hydroxyl groups excluding tert-OH is 1. The van der Waals surface area contributed by atoms with Gasteiger partial charge in [0.2, 0.25) is 0 Å². The van der Waals surface area contributed by atoms with Crippen LogP contribution < -0.4 is 0 Å². The lowest BCUT2D eigenvalue weighted by Gasteiger charge is -2.07. The molecule has 1 aromatic carbocycles. The molecule has 0 saturated heterocycles. The third-order valence-electron chi connectivity index (χ3n) is 2.03. The molecule has 12 heavy (non-hydrogen) atoms. The smallest absolute Gasteiger partial charge is 0.0684 e. The highest BCUT2D eigenvalue weighted by molar-refractivity contribution is 5.35. The number of aryl methyl sites for hydroxylation is 1. The van der Waals surface area contributed by atoms with E-state index in [0.29, 0.717) is 0 Å². The Morgan fingerprint density at radius 1 is 1.50 bits per heavy atom. The molecule has 0 fully saturated rings. The minimum absolute atomic E-state index is 0.116. The average Bonchev–Trinajstić information content (AvgIpc) is 2.09. The van der Waals surface area contributed by atoms with Crippen molar-refractivity contribution >= 4 is 0 Å². The van der Waals surface area contributed by atoms with E-state index in [4.69, 9.17) is 5.11 Å². The molecule has 1 N–H and O–H groups in total. The third kappa shape index (κ3) is 1.74. The molecule has 0 radical (unpaired) electrons. The van der Waals surface area contributed by atoms with Gasteiger partial charge in [0.1, 0.15) is 0 Å². The summed E-state index contributed by atoms with van der Waals surface area (Å²) in [6.07, 6.45) is 2.70. The quantitative estimate of drug-likeness (QED) is 0.676. The minimum Gasteiger partial charge on any atom is -0.392 e. The topological polar surface area (TPSA) is 20.2 Å². The number of hydrogen-bond acceptors (Lipinski definition) is 1. The van der Waals surface area contributed by atoms with E-state index in [2.05, 4.69) is 19.6 Å². The Bertz CT molecular complexity index is 276. The zero-order valence-corrected chi connectivity index (χ0v) is 7.38. The van der Waals surface area contributed by atoms with Crippen molar-refractivity contribution in [2.24, 2.45) is 0 Å². The lowest BCUT2D eigenvalue weighted by Crippen LogP contribution is -1.95. The Kier molecular flexibility index (Phi) is 3.06. The fraction of sp³-hybridized carbons (Fsp3) is 0.273. The van der Waals surface area contributed by atoms with Crippen molar-refractivity contribution in [1.82, 2.24) is 0 Å². The molecule has 0 aliphatic heterocycles. The van der Waals surface area contributed by atoms with Crippen LogP contribution in [0.15, 0.2) is 30.9 Å². The maximum Gasteiger partial charge on any atom is 0.0684 e. The second-order valence-electron chi connectivity index (χ2n) is 2.86. The SMILES string of the molecule is C=CCc1c(C)cccc1CO. The maximum atomic E-state index is 9.04. The van der Waals surface area contributed by atoms with Crippen molar-refractivity contribution in [2.45, 2.75) is 20.0 Å². The Hall–Kier alpha value is -1.08. The zero-order valence-electron chi connectivity index (χ0n) is 7.38. The standard InChI is InChI=1S/C11H14O/c1-3-5-11-9(2)6-4-7-10(11)8-12/h3-4,6-7,12H,1,5,8H2,2H3. The third-order valence-corrected chi connectivity index (χ3v) is 2.03. The molecular formula is C11H14O. The Morgan fingerprint density at radius 3 is 2.83 bits per heavy atom. The molecule has 0 bridgehead atoms. The molecule has 1 rings (SSSR count). The number of allylic oxidation sites excluding steroid dienone is 1. The number of hydrogen-bond donors (Lipinski definition) is 1. The molecule has 0 unspecified atom stereocenters. The van der Waals surface area contributed by atoms with Gasteiger partial charge < -0.3 is 5.11 Å². The van der Waals surface area contributed by atoms with Gasteiger partial charge >= 0.3 is 0 Å². The monoisotopic (exact) mass is 162 g/mol. The van der Waals surface area contributed by atoms with Gasteiger partial charge in [-0.25, -0.2) is 0 Å². The fourth-order valence-electron chi connectivity index (χ4n) is 1.35. The zero-order chi connectivity index (χ0) is 8.97. The molecule has 0 aliphatic rings. The van der Waals surface area contributed by atoms with Crippen LogP contribution in [0.2, 0.25) is 0 Å². The fourth-order valence-corrected chi connectivity index (χ4v) is 1.35. The molecule has 0 aromatic heterocycles. The maximum absolute atomic E-state index is 9.04. The van der Waals surface area contributed by atoms with Crippen molar-refractivity contribution in [3.63, 3.8) is 0 Å². The summed E-state index contributed by atoms with van der Waals surface area (Å²) in [4.78, 5) is 0. The van der Waals surface area contributed by atoms with Crippen LogP contribution in [0.5, 0.6) is 0 Å². The summed E-state index contributed by atoms with van der Waals surface area (Å²) < 4.78 is 0. The van der Waals surface area contributed by atoms with Crippen molar-refractivity contribution in [3.05, 3.63) is 47.5 Å². The summed E-state index contributed by atoms with van der Waals surface area (Å²) >= 11 is 0. The number of benzene rings is 1. The highest BCUT2D eigenvalue weighted by Crippen LogP contribution is 2.14. The van der Waals surface area contributed by atoms with E-state index in [1.807, 2.05) is 18.2 Å². The summed E-state index contributed by atoms with van der Waals surface area (Å²) in [5, 5.41) is 9.04. The van der Waals surface area contributed by atoms with Gasteiger partial charge in [-0.3, -0.25) is 0 Å². The predicted molar refractivity (Wildman–Crippen MR) is 51.0 cm³/mol. The van der Waals surface area contributed by atoms with E-state index >= 15 is 0 Å². The summed E-state index contributed by atoms with van der Waals surface area (Å²) in [5.74, 6) is 0. The summed E-state index contributed by atoms with van der Waals surface area (Å²) in [7, 11) is 0. The second-order valence-corrected chi connectivity index (χ2v) is 2.86. The number of rotatable bonds is 3. The van der Waals surface area contributed by atoms with Gasteiger partial charge in [-0.1, -0.05) is 24.3 Å². The molecule has 1 heteroatoms. The van der Waals surface area contributed by atoms with Crippen molar-refractivity contribution in [2.75, 3.05) is 0 Å². The first kappa shape index (κ1) is 9.01. The van der Waals surface area contributed by atoms with E-state index in [0.717, 1.165) is 12.0 Å². The van der Waals surface area contributed by atoms with Crippen LogP contribution in [0.25, 0.3) is 0 Å². The molecule has 1 aromatic rings. The Balaban J connectivity index is 3.10. The molecule has 0 heterocycles. The largest absolute Gasteiger partial charge is 0.392 e. The van der Waals surface area contributed by atoms with Crippen LogP contribution >= 0.6 is 0 Å². The highest BCUT2D eigenvalue weighted by Gasteiger charge is 2.01. The molecule has 1 nitrogen and oxygen atoms in total. The van der Waals surface area contributed by atoms with Crippen LogP contribution in [-0.4, -0.2) is 5.11 Å². The first-order valence-corrected chi connectivity index (χ1v) is 4.08. The molecule has 0 saturated carbocycles. The van der Waals surface area contributed by atoms with E-state index in [-0.39, 0.29) is 6.61 Å². The molecular weight excluding hydrogens is 148 g/mol. The van der Waals surface area contributed by atoms with Crippen LogP contribution in [0, 0.1) is 6.92 Å². The van der Waals surface area contributed by atoms with E-state index in [9.17, 15) is 0 Å². The molecule has 64 valence electrons. The molecule has 0 aliphatic carbocycles. The summed E-state index contributed by atoms with van der Waals surface area (Å²) in [5.41, 5.74) is 3.44. The Morgan fingerprint density at radius 2 is 2.25 bits per heavy atom. The van der Waals surface area contributed by atoms with Crippen molar-refractivity contribution in [1.29, 1.82) is 0 Å². The van der Waals surface area contributed by atoms with Gasteiger partial charge in [0.05, 0.1) is 6.61 Å². The van der Waals surface area contributed by atoms with E-state index < -0.39 is 0 Å². The van der Waals surface area contributed by atoms with E-state index in [1.54, 1.807) is 0 Å². The van der Waals surface area contributed by atoms with Gasteiger partial charge in [0, 0.05) is 0 Å². The predicted octanol–water partition coefficient (Wildman–Crippen LogP) is 2.22. The molecule has 0 atom stereocenters. The van der Waals surface area contributed by atoms with Gasteiger partial charge in [-0.05, 0) is 30.0 Å². The first-order valence-electron chi connectivity index (χ1n) is 4.08. The van der Waals surface area contributed by atoms with Crippen LogP contribution in [0.4, 0.5) is 0 Å². The van der Waals surface area contributed by atoms with Gasteiger partial charge in [-0.2, -0.15) is 0 Å². The second kappa shape index (κ2) is 4.07. The van der Waals surface area contributed by atoms with Crippen LogP contribution in [0.1, 0.15) is 16.7 Å². The van der Waals surface area contributed by atoms with Crippen molar-refractivity contribution < 1.29 is 5.11 Å². The normalized spacial score (nSPS) is 9.83. The van der Waals surface area contributed by atoms with Crippen LogP contribution in [-0.2, 0) is 13.0 Å². The molecule has 0 spiro atoms. The number of aliphatic hydroxyl groups is 1. The van der Waals surface area contributed by atoms with Crippen molar-refractivity contribution in [3.8, 4) is 0 Å². The summed E-state index contributed by atoms with van der Waals surface area (Å²) in [6.45, 7) is 5.86. The van der Waals surface area contributed by atoms with E-state index in [1.165, 1.54) is 11.1 Å². The van der Waals surface area contributed by atoms with Gasteiger partial charge in [0.15, 0.2) is 0 Å².